The quantitative estimate of drug-likeness (QED) is 0.743. The molecule has 0 radical (unpaired) electrons. The fraction of sp³-hybridized carbons (Fsp3) is 0.500. The van der Waals surface area contributed by atoms with Crippen molar-refractivity contribution in [3.63, 3.8) is 0 Å². The molecule has 0 saturated heterocycles. The molecule has 0 fully saturated rings. The van der Waals surface area contributed by atoms with Crippen molar-refractivity contribution in [1.29, 1.82) is 0 Å². The molecule has 0 aliphatic carbocycles. The highest BCUT2D eigenvalue weighted by Gasteiger charge is 2.02. The van der Waals surface area contributed by atoms with Crippen molar-refractivity contribution in [3.8, 4) is 0 Å². The summed E-state index contributed by atoms with van der Waals surface area (Å²) in [6.07, 6.45) is 1.64. The van der Waals surface area contributed by atoms with Crippen LogP contribution in [0.1, 0.15) is 19.4 Å². The molecule has 1 rings (SSSR count). The van der Waals surface area contributed by atoms with Crippen LogP contribution >= 0.6 is 23.2 Å². The third kappa shape index (κ3) is 3.82. The summed E-state index contributed by atoms with van der Waals surface area (Å²) in [6, 6.07) is 1.62. The molecule has 0 aromatic carbocycles. The molecule has 0 N–H and O–H groups in total. The first kappa shape index (κ1) is 11.8. The van der Waals surface area contributed by atoms with E-state index in [1.54, 1.807) is 12.3 Å². The Bertz CT molecular complexity index is 302. The average molecular weight is 234 g/mol. The van der Waals surface area contributed by atoms with Gasteiger partial charge in [-0.1, -0.05) is 37.0 Å². The molecule has 0 atom stereocenters. The summed E-state index contributed by atoms with van der Waals surface area (Å²) in [5.41, 5.74) is 0.872. The zero-order valence-corrected chi connectivity index (χ0v) is 9.77. The molecule has 0 spiro atoms. The number of rotatable bonds is 4. The van der Waals surface area contributed by atoms with Crippen molar-refractivity contribution in [2.24, 2.45) is 5.92 Å². The molecule has 0 saturated carbocycles. The van der Waals surface area contributed by atoms with Crippen molar-refractivity contribution >= 4 is 23.2 Å². The molecule has 0 amide bonds. The van der Waals surface area contributed by atoms with Gasteiger partial charge in [0.25, 0.3) is 0 Å². The van der Waals surface area contributed by atoms with Crippen LogP contribution in [0.15, 0.2) is 12.3 Å². The van der Waals surface area contributed by atoms with Gasteiger partial charge in [0.2, 0.25) is 0 Å². The van der Waals surface area contributed by atoms with Gasteiger partial charge in [-0.05, 0) is 12.0 Å². The van der Waals surface area contributed by atoms with E-state index in [4.69, 9.17) is 27.9 Å². The summed E-state index contributed by atoms with van der Waals surface area (Å²) in [4.78, 5) is 3.94. The van der Waals surface area contributed by atoms with E-state index in [1.807, 2.05) is 0 Å². The van der Waals surface area contributed by atoms with Gasteiger partial charge in [-0.15, -0.1) is 0 Å². The maximum atomic E-state index is 5.94. The third-order valence-electron chi connectivity index (χ3n) is 1.61. The van der Waals surface area contributed by atoms with E-state index in [-0.39, 0.29) is 0 Å². The highest BCUT2D eigenvalue weighted by Crippen LogP contribution is 2.19. The molecule has 0 aliphatic rings. The molecule has 0 unspecified atom stereocenters. The van der Waals surface area contributed by atoms with E-state index in [2.05, 4.69) is 18.8 Å². The van der Waals surface area contributed by atoms with Gasteiger partial charge in [0.1, 0.15) is 5.15 Å². The second-order valence-corrected chi connectivity index (χ2v) is 4.30. The van der Waals surface area contributed by atoms with Gasteiger partial charge < -0.3 is 4.74 Å². The van der Waals surface area contributed by atoms with Crippen LogP contribution in [0.2, 0.25) is 10.2 Å². The van der Waals surface area contributed by atoms with Crippen LogP contribution in [0, 0.1) is 5.92 Å². The number of hydrogen-bond acceptors (Lipinski definition) is 2. The van der Waals surface area contributed by atoms with Gasteiger partial charge in [0.05, 0.1) is 11.6 Å². The number of ether oxygens (including phenoxy) is 1. The smallest absolute Gasteiger partial charge is 0.130 e. The molecule has 0 aliphatic heterocycles. The zero-order valence-electron chi connectivity index (χ0n) is 8.26. The predicted molar refractivity (Wildman–Crippen MR) is 58.8 cm³/mol. The fourth-order valence-corrected chi connectivity index (χ4v) is 1.37. The van der Waals surface area contributed by atoms with E-state index in [0.717, 1.165) is 12.2 Å². The Morgan fingerprint density at radius 1 is 1.43 bits per heavy atom. The minimum atomic E-state index is 0.405. The maximum Gasteiger partial charge on any atom is 0.130 e. The average Bonchev–Trinajstić information content (AvgIpc) is 2.08. The predicted octanol–water partition coefficient (Wildman–Crippen LogP) is 3.56. The second-order valence-electron chi connectivity index (χ2n) is 3.51. The molecule has 2 nitrogen and oxygen atoms in total. The SMILES string of the molecule is CC(C)COCc1cnc(Cl)cc1Cl. The first-order valence-electron chi connectivity index (χ1n) is 4.47. The lowest BCUT2D eigenvalue weighted by atomic mass is 10.2. The van der Waals surface area contributed by atoms with Gasteiger partial charge >= 0.3 is 0 Å². The molecule has 0 bridgehead atoms. The Balaban J connectivity index is 2.51. The fourth-order valence-electron chi connectivity index (χ4n) is 0.947. The largest absolute Gasteiger partial charge is 0.376 e. The molecule has 1 aromatic rings. The van der Waals surface area contributed by atoms with E-state index < -0.39 is 0 Å². The van der Waals surface area contributed by atoms with E-state index in [9.17, 15) is 0 Å². The second kappa shape index (κ2) is 5.54. The topological polar surface area (TPSA) is 22.1 Å². The summed E-state index contributed by atoms with van der Waals surface area (Å²) >= 11 is 11.6. The van der Waals surface area contributed by atoms with E-state index in [0.29, 0.717) is 22.7 Å². The minimum absolute atomic E-state index is 0.405. The first-order chi connectivity index (χ1) is 6.59. The standard InChI is InChI=1S/C10H13Cl2NO/c1-7(2)5-14-6-8-4-13-10(12)3-9(8)11/h3-4,7H,5-6H2,1-2H3. The van der Waals surface area contributed by atoms with E-state index >= 15 is 0 Å². The van der Waals surface area contributed by atoms with Crippen molar-refractivity contribution in [1.82, 2.24) is 4.98 Å². The summed E-state index contributed by atoms with van der Waals surface area (Å²) in [7, 11) is 0. The lowest BCUT2D eigenvalue weighted by Crippen LogP contribution is -2.02. The van der Waals surface area contributed by atoms with Crippen molar-refractivity contribution < 1.29 is 4.74 Å². The molecular weight excluding hydrogens is 221 g/mol. The third-order valence-corrected chi connectivity index (χ3v) is 2.16. The van der Waals surface area contributed by atoms with Crippen LogP contribution in [0.5, 0.6) is 0 Å². The molecular formula is C10H13Cl2NO. The Morgan fingerprint density at radius 2 is 2.14 bits per heavy atom. The Morgan fingerprint density at radius 3 is 2.71 bits per heavy atom. The molecule has 1 aromatic heterocycles. The molecule has 4 heteroatoms. The number of hydrogen-bond donors (Lipinski definition) is 0. The Kier molecular flexibility index (Phi) is 4.66. The first-order valence-corrected chi connectivity index (χ1v) is 5.23. The summed E-state index contributed by atoms with van der Waals surface area (Å²) in [6.45, 7) is 5.41. The van der Waals surface area contributed by atoms with Crippen molar-refractivity contribution in [3.05, 3.63) is 28.0 Å². The lowest BCUT2D eigenvalue weighted by molar-refractivity contribution is 0.0969. The van der Waals surface area contributed by atoms with Crippen molar-refractivity contribution in [2.75, 3.05) is 6.61 Å². The highest BCUT2D eigenvalue weighted by molar-refractivity contribution is 6.34. The van der Waals surface area contributed by atoms with Gasteiger partial charge in [0.15, 0.2) is 0 Å². The van der Waals surface area contributed by atoms with Gasteiger partial charge in [-0.3, -0.25) is 0 Å². The van der Waals surface area contributed by atoms with Crippen LogP contribution in [0.25, 0.3) is 0 Å². The minimum Gasteiger partial charge on any atom is -0.376 e. The van der Waals surface area contributed by atoms with Gasteiger partial charge in [-0.25, -0.2) is 4.98 Å². The Labute approximate surface area is 94.2 Å². The monoisotopic (exact) mass is 233 g/mol. The van der Waals surface area contributed by atoms with Crippen LogP contribution in [0.4, 0.5) is 0 Å². The van der Waals surface area contributed by atoms with Gasteiger partial charge in [0, 0.05) is 18.4 Å². The maximum absolute atomic E-state index is 5.94. The Hall–Kier alpha value is -0.310. The van der Waals surface area contributed by atoms with Crippen LogP contribution in [-0.4, -0.2) is 11.6 Å². The number of nitrogens with zero attached hydrogens (tertiary/aromatic N) is 1. The van der Waals surface area contributed by atoms with Crippen molar-refractivity contribution in [2.45, 2.75) is 20.5 Å². The normalized spacial score (nSPS) is 10.9. The van der Waals surface area contributed by atoms with Crippen LogP contribution in [-0.2, 0) is 11.3 Å². The lowest BCUT2D eigenvalue weighted by Gasteiger charge is -2.07. The number of halogens is 2. The number of pyridine rings is 1. The molecule has 14 heavy (non-hydrogen) atoms. The summed E-state index contributed by atoms with van der Waals surface area (Å²) in [5, 5.41) is 1.01. The zero-order chi connectivity index (χ0) is 10.6. The van der Waals surface area contributed by atoms with Crippen LogP contribution in [0.3, 0.4) is 0 Å². The molecule has 78 valence electrons. The highest BCUT2D eigenvalue weighted by atomic mass is 35.5. The summed E-state index contributed by atoms with van der Waals surface area (Å²) in [5.74, 6) is 0.522. The summed E-state index contributed by atoms with van der Waals surface area (Å²) < 4.78 is 5.43. The van der Waals surface area contributed by atoms with E-state index in [1.165, 1.54) is 0 Å². The molecule has 1 heterocycles. The van der Waals surface area contributed by atoms with Crippen LogP contribution < -0.4 is 0 Å². The van der Waals surface area contributed by atoms with Gasteiger partial charge in [-0.2, -0.15) is 0 Å². The number of aromatic nitrogens is 1.